The molecule has 0 radical (unpaired) electrons. The highest BCUT2D eigenvalue weighted by Crippen LogP contribution is 2.46. The standard InChI is InChI=1S/C42H35N5O3S/c1-28(2)51(49,50)34-23-21-29(22-24-34)36-25-44-40-39(45-36)37(46-26-30-13-12-20-35(43)38(30)41(46)48)27-47(40)42(31-14-6-3-7-15-31,32-16-8-4-9-17-32)33-18-10-5-11-19-33/h3-25,27-28H,26,43H2,1-2H3. The minimum atomic E-state index is -3.45. The molecule has 5 aromatic carbocycles. The van der Waals surface area contributed by atoms with Gasteiger partial charge in [-0.3, -0.25) is 4.79 Å². The van der Waals surface area contributed by atoms with Crippen molar-refractivity contribution in [1.29, 1.82) is 0 Å². The number of amides is 1. The minimum absolute atomic E-state index is 0.206. The fourth-order valence-corrected chi connectivity index (χ4v) is 8.25. The minimum Gasteiger partial charge on any atom is -0.398 e. The fraction of sp³-hybridized carbons (Fsp3) is 0.119. The maximum Gasteiger partial charge on any atom is 0.261 e. The lowest BCUT2D eigenvalue weighted by Gasteiger charge is -2.38. The van der Waals surface area contributed by atoms with E-state index in [0.29, 0.717) is 45.9 Å². The van der Waals surface area contributed by atoms with E-state index in [2.05, 4.69) is 41.0 Å². The number of nitrogen functional groups attached to an aromatic ring is 1. The lowest BCUT2D eigenvalue weighted by atomic mass is 9.76. The Morgan fingerprint density at radius 1 is 0.745 bits per heavy atom. The Morgan fingerprint density at radius 2 is 1.31 bits per heavy atom. The average molecular weight is 690 g/mol. The number of aromatic nitrogens is 3. The molecule has 0 spiro atoms. The SMILES string of the molecule is CC(C)S(=O)(=O)c1ccc(-c2cnc3c(n2)c(N2Cc4cccc(N)c4C2=O)cn3C(c2ccccc2)(c2ccccc2)c2ccccc2)cc1. The van der Waals surface area contributed by atoms with Crippen molar-refractivity contribution < 1.29 is 13.2 Å². The van der Waals surface area contributed by atoms with E-state index in [4.69, 9.17) is 15.7 Å². The van der Waals surface area contributed by atoms with Crippen LogP contribution >= 0.6 is 0 Å². The number of carbonyl (C=O) groups is 1. The first kappa shape index (κ1) is 32.2. The number of sulfone groups is 1. The molecule has 3 heterocycles. The molecular formula is C42H35N5O3S. The van der Waals surface area contributed by atoms with E-state index in [1.807, 2.05) is 72.9 Å². The summed E-state index contributed by atoms with van der Waals surface area (Å²) in [7, 11) is -3.45. The van der Waals surface area contributed by atoms with Gasteiger partial charge >= 0.3 is 0 Å². The lowest BCUT2D eigenvalue weighted by molar-refractivity contribution is 0.0997. The van der Waals surface area contributed by atoms with Crippen molar-refractivity contribution in [2.75, 3.05) is 10.6 Å². The molecule has 0 fully saturated rings. The summed E-state index contributed by atoms with van der Waals surface area (Å²) >= 11 is 0. The molecule has 0 atom stereocenters. The number of benzene rings is 5. The van der Waals surface area contributed by atoms with E-state index in [0.717, 1.165) is 22.3 Å². The van der Waals surface area contributed by atoms with Crippen LogP contribution in [0.2, 0.25) is 0 Å². The Hall–Kier alpha value is -6.06. The third-order valence-electron chi connectivity index (χ3n) is 9.77. The van der Waals surface area contributed by atoms with E-state index < -0.39 is 20.6 Å². The van der Waals surface area contributed by atoms with Gasteiger partial charge in [0.05, 0.1) is 39.8 Å². The summed E-state index contributed by atoms with van der Waals surface area (Å²) in [5.41, 5.74) is 13.1. The van der Waals surface area contributed by atoms with Gasteiger partial charge in [-0.1, -0.05) is 115 Å². The molecule has 7 aromatic rings. The lowest BCUT2D eigenvalue weighted by Crippen LogP contribution is -2.37. The Morgan fingerprint density at radius 3 is 1.84 bits per heavy atom. The molecule has 51 heavy (non-hydrogen) atoms. The predicted molar refractivity (Wildman–Crippen MR) is 201 cm³/mol. The van der Waals surface area contributed by atoms with E-state index in [1.165, 1.54) is 0 Å². The van der Waals surface area contributed by atoms with Crippen LogP contribution in [0.3, 0.4) is 0 Å². The van der Waals surface area contributed by atoms with Crippen LogP contribution in [0.5, 0.6) is 0 Å². The zero-order chi connectivity index (χ0) is 35.3. The first-order valence-electron chi connectivity index (χ1n) is 16.8. The number of nitrogens with zero attached hydrogens (tertiary/aromatic N) is 4. The van der Waals surface area contributed by atoms with Crippen LogP contribution in [-0.2, 0) is 21.9 Å². The molecule has 8 rings (SSSR count). The van der Waals surface area contributed by atoms with Gasteiger partial charge in [0, 0.05) is 17.4 Å². The quantitative estimate of drug-likeness (QED) is 0.129. The number of carbonyl (C=O) groups excluding carboxylic acids is 1. The second-order valence-electron chi connectivity index (χ2n) is 13.0. The zero-order valence-corrected chi connectivity index (χ0v) is 29.0. The summed E-state index contributed by atoms with van der Waals surface area (Å²) in [5, 5.41) is -0.544. The summed E-state index contributed by atoms with van der Waals surface area (Å²) < 4.78 is 27.9. The molecule has 1 aliphatic heterocycles. The van der Waals surface area contributed by atoms with Gasteiger partial charge in [0.2, 0.25) is 0 Å². The number of hydrogen-bond acceptors (Lipinski definition) is 6. The smallest absolute Gasteiger partial charge is 0.261 e. The largest absolute Gasteiger partial charge is 0.398 e. The molecular weight excluding hydrogens is 655 g/mol. The van der Waals surface area contributed by atoms with Crippen LogP contribution in [0.4, 0.5) is 11.4 Å². The van der Waals surface area contributed by atoms with E-state index in [-0.39, 0.29) is 10.8 Å². The summed E-state index contributed by atoms with van der Waals surface area (Å²) in [6.45, 7) is 3.66. The van der Waals surface area contributed by atoms with Gasteiger partial charge in [-0.05, 0) is 54.3 Å². The van der Waals surface area contributed by atoms with Crippen molar-refractivity contribution >= 4 is 38.3 Å². The highest BCUT2D eigenvalue weighted by molar-refractivity contribution is 7.92. The van der Waals surface area contributed by atoms with Crippen LogP contribution in [-0.4, -0.2) is 34.1 Å². The second-order valence-corrected chi connectivity index (χ2v) is 15.5. The number of anilines is 2. The van der Waals surface area contributed by atoms with Crippen molar-refractivity contribution in [2.24, 2.45) is 0 Å². The Balaban J connectivity index is 1.42. The molecule has 8 nitrogen and oxygen atoms in total. The number of rotatable bonds is 8. The predicted octanol–water partition coefficient (Wildman–Crippen LogP) is 7.86. The van der Waals surface area contributed by atoms with Crippen molar-refractivity contribution in [3.05, 3.63) is 174 Å². The van der Waals surface area contributed by atoms with Gasteiger partial charge in [0.1, 0.15) is 11.1 Å². The van der Waals surface area contributed by atoms with Crippen molar-refractivity contribution in [1.82, 2.24) is 14.5 Å². The van der Waals surface area contributed by atoms with Crippen molar-refractivity contribution in [3.63, 3.8) is 0 Å². The first-order chi connectivity index (χ1) is 24.7. The second kappa shape index (κ2) is 12.4. The van der Waals surface area contributed by atoms with Gasteiger partial charge in [0.15, 0.2) is 15.5 Å². The average Bonchev–Trinajstić information content (AvgIpc) is 3.71. The van der Waals surface area contributed by atoms with Crippen molar-refractivity contribution in [3.8, 4) is 11.3 Å². The van der Waals surface area contributed by atoms with Gasteiger partial charge in [-0.15, -0.1) is 0 Å². The van der Waals surface area contributed by atoms with Crippen LogP contribution < -0.4 is 10.6 Å². The summed E-state index contributed by atoms with van der Waals surface area (Å²) in [5.74, 6) is -0.206. The maximum absolute atomic E-state index is 14.2. The number of fused-ring (bicyclic) bond motifs is 2. The molecule has 0 saturated carbocycles. The fourth-order valence-electron chi connectivity index (χ4n) is 7.19. The molecule has 0 aliphatic carbocycles. The highest BCUT2D eigenvalue weighted by Gasteiger charge is 2.42. The highest BCUT2D eigenvalue weighted by atomic mass is 32.2. The third-order valence-corrected chi connectivity index (χ3v) is 11.9. The van der Waals surface area contributed by atoms with E-state index in [9.17, 15) is 13.2 Å². The normalized spacial score (nSPS) is 13.2. The Kier molecular flexibility index (Phi) is 7.80. The van der Waals surface area contributed by atoms with Gasteiger partial charge < -0.3 is 15.2 Å². The van der Waals surface area contributed by atoms with Gasteiger partial charge in [0.25, 0.3) is 5.91 Å². The maximum atomic E-state index is 14.2. The van der Waals surface area contributed by atoms with Crippen LogP contribution in [0, 0.1) is 0 Å². The zero-order valence-electron chi connectivity index (χ0n) is 28.1. The molecule has 9 heteroatoms. The summed E-state index contributed by atoms with van der Waals surface area (Å²) in [4.78, 5) is 26.5. The number of nitrogens with two attached hydrogens (primary N) is 1. The Bertz CT molecular complexity index is 2420. The summed E-state index contributed by atoms with van der Waals surface area (Å²) in [6.07, 6.45) is 3.69. The molecule has 0 saturated heterocycles. The van der Waals surface area contributed by atoms with Crippen LogP contribution in [0.1, 0.15) is 46.5 Å². The van der Waals surface area contributed by atoms with Crippen LogP contribution in [0.25, 0.3) is 22.4 Å². The topological polar surface area (TPSA) is 111 Å². The first-order valence-corrected chi connectivity index (χ1v) is 18.3. The van der Waals surface area contributed by atoms with Crippen LogP contribution in [0.15, 0.2) is 151 Å². The van der Waals surface area contributed by atoms with E-state index >= 15 is 0 Å². The van der Waals surface area contributed by atoms with Crippen molar-refractivity contribution in [2.45, 2.75) is 36.1 Å². The van der Waals surface area contributed by atoms with Gasteiger partial charge in [-0.2, -0.15) is 0 Å². The van der Waals surface area contributed by atoms with Gasteiger partial charge in [-0.25, -0.2) is 18.4 Å². The molecule has 2 N–H and O–H groups in total. The number of hydrogen-bond donors (Lipinski definition) is 1. The molecule has 2 aromatic heterocycles. The molecule has 1 aliphatic rings. The molecule has 252 valence electrons. The third kappa shape index (κ3) is 5.11. The molecule has 0 bridgehead atoms. The van der Waals surface area contributed by atoms with E-state index in [1.54, 1.807) is 55.3 Å². The molecule has 1 amide bonds. The molecule has 0 unspecified atom stereocenters. The summed E-state index contributed by atoms with van der Waals surface area (Å²) in [6, 6.07) is 43.1. The monoisotopic (exact) mass is 689 g/mol. The Labute approximate surface area is 296 Å².